The maximum absolute atomic E-state index is 10.9. The van der Waals surface area contributed by atoms with Crippen LogP contribution in [0.4, 0.5) is 0 Å². The molecule has 2 rings (SSSR count). The highest BCUT2D eigenvalue weighted by Gasteiger charge is 2.08. The summed E-state index contributed by atoms with van der Waals surface area (Å²) in [6, 6.07) is 7.08. The summed E-state index contributed by atoms with van der Waals surface area (Å²) < 4.78 is 27.1. The van der Waals surface area contributed by atoms with Gasteiger partial charge in [0.05, 0.1) is 5.75 Å². The molecule has 0 aliphatic rings. The lowest BCUT2D eigenvalue weighted by Crippen LogP contribution is -1.94. The standard InChI is InChI=1S/C10H9ClO3S/c1-7-4-9-5-8(6-15(11,12)13)2-3-10(9)14-7/h2-5H,6H2,1H3. The van der Waals surface area contributed by atoms with Crippen LogP contribution >= 0.6 is 10.7 Å². The van der Waals surface area contributed by atoms with Gasteiger partial charge in [-0.05, 0) is 30.7 Å². The first-order valence-corrected chi connectivity index (χ1v) is 6.83. The smallest absolute Gasteiger partial charge is 0.236 e. The minimum absolute atomic E-state index is 0.158. The van der Waals surface area contributed by atoms with E-state index in [1.807, 2.05) is 13.0 Å². The highest BCUT2D eigenvalue weighted by molar-refractivity contribution is 8.13. The van der Waals surface area contributed by atoms with Crippen LogP contribution in [0.25, 0.3) is 11.0 Å². The van der Waals surface area contributed by atoms with Gasteiger partial charge in [0.2, 0.25) is 9.05 Å². The van der Waals surface area contributed by atoms with Crippen molar-refractivity contribution in [3.8, 4) is 0 Å². The first-order valence-electron chi connectivity index (χ1n) is 4.35. The fourth-order valence-electron chi connectivity index (χ4n) is 1.51. The highest BCUT2D eigenvalue weighted by Crippen LogP contribution is 2.21. The highest BCUT2D eigenvalue weighted by atomic mass is 35.7. The van der Waals surface area contributed by atoms with E-state index in [9.17, 15) is 8.42 Å². The first-order chi connectivity index (χ1) is 6.94. The Bertz CT molecular complexity index is 598. The molecular formula is C10H9ClO3S. The van der Waals surface area contributed by atoms with Gasteiger partial charge in [0.25, 0.3) is 0 Å². The summed E-state index contributed by atoms with van der Waals surface area (Å²) in [5.41, 5.74) is 1.42. The Kier molecular flexibility index (Phi) is 2.48. The van der Waals surface area contributed by atoms with Gasteiger partial charge in [0, 0.05) is 16.1 Å². The molecule has 0 N–H and O–H groups in total. The summed E-state index contributed by atoms with van der Waals surface area (Å²) in [4.78, 5) is 0. The molecule has 0 spiro atoms. The summed E-state index contributed by atoms with van der Waals surface area (Å²) in [5, 5.41) is 0.894. The van der Waals surface area contributed by atoms with Crippen molar-refractivity contribution in [1.82, 2.24) is 0 Å². The van der Waals surface area contributed by atoms with Crippen LogP contribution < -0.4 is 0 Å². The molecule has 0 aliphatic heterocycles. The van der Waals surface area contributed by atoms with Gasteiger partial charge in [-0.3, -0.25) is 0 Å². The van der Waals surface area contributed by atoms with E-state index < -0.39 is 9.05 Å². The Morgan fingerprint density at radius 1 is 1.33 bits per heavy atom. The van der Waals surface area contributed by atoms with Crippen molar-refractivity contribution < 1.29 is 12.8 Å². The molecule has 15 heavy (non-hydrogen) atoms. The normalized spacial score (nSPS) is 12.1. The number of hydrogen-bond donors (Lipinski definition) is 0. The van der Waals surface area contributed by atoms with E-state index in [0.29, 0.717) is 5.56 Å². The third kappa shape index (κ3) is 2.52. The zero-order chi connectivity index (χ0) is 11.1. The topological polar surface area (TPSA) is 47.3 Å². The Hall–Kier alpha value is -1.00. The molecule has 0 unspecified atom stereocenters. The van der Waals surface area contributed by atoms with Crippen LogP contribution in [0.3, 0.4) is 0 Å². The number of halogens is 1. The molecule has 0 radical (unpaired) electrons. The lowest BCUT2D eigenvalue weighted by molar-refractivity contribution is 0.578. The van der Waals surface area contributed by atoms with E-state index in [1.165, 1.54) is 0 Å². The number of furan rings is 1. The molecule has 0 saturated carbocycles. The molecule has 0 saturated heterocycles. The van der Waals surface area contributed by atoms with Crippen LogP contribution in [0.15, 0.2) is 28.7 Å². The summed E-state index contributed by atoms with van der Waals surface area (Å²) >= 11 is 0. The number of hydrogen-bond acceptors (Lipinski definition) is 3. The molecule has 5 heteroatoms. The largest absolute Gasteiger partial charge is 0.461 e. The van der Waals surface area contributed by atoms with Crippen LogP contribution in [0.1, 0.15) is 11.3 Å². The fourth-order valence-corrected chi connectivity index (χ4v) is 2.47. The molecule has 0 aliphatic carbocycles. The molecule has 3 nitrogen and oxygen atoms in total. The summed E-state index contributed by atoms with van der Waals surface area (Å²) in [7, 11) is 1.68. The predicted octanol–water partition coefficient (Wildman–Crippen LogP) is 2.81. The fraction of sp³-hybridized carbons (Fsp3) is 0.200. The lowest BCUT2D eigenvalue weighted by atomic mass is 10.2. The molecule has 2 aromatic rings. The maximum Gasteiger partial charge on any atom is 0.236 e. The van der Waals surface area contributed by atoms with Crippen molar-refractivity contribution in [2.45, 2.75) is 12.7 Å². The van der Waals surface area contributed by atoms with Crippen molar-refractivity contribution in [2.75, 3.05) is 0 Å². The van der Waals surface area contributed by atoms with Crippen LogP contribution in [-0.2, 0) is 14.8 Å². The van der Waals surface area contributed by atoms with Gasteiger partial charge in [-0.15, -0.1) is 0 Å². The predicted molar refractivity (Wildman–Crippen MR) is 59.4 cm³/mol. The number of rotatable bonds is 2. The molecule has 0 bridgehead atoms. The Morgan fingerprint density at radius 2 is 2.07 bits per heavy atom. The molecule has 0 amide bonds. The summed E-state index contributed by atoms with van der Waals surface area (Å²) in [5.74, 6) is 0.644. The average molecular weight is 245 g/mol. The van der Waals surface area contributed by atoms with Crippen molar-refractivity contribution in [1.29, 1.82) is 0 Å². The minimum Gasteiger partial charge on any atom is -0.461 e. The van der Waals surface area contributed by atoms with Gasteiger partial charge in [-0.2, -0.15) is 0 Å². The van der Waals surface area contributed by atoms with Gasteiger partial charge in [-0.1, -0.05) is 6.07 Å². The van der Waals surface area contributed by atoms with E-state index in [1.54, 1.807) is 18.2 Å². The second-order valence-electron chi connectivity index (χ2n) is 3.41. The third-order valence-corrected chi connectivity index (χ3v) is 3.05. The van der Waals surface area contributed by atoms with Gasteiger partial charge in [-0.25, -0.2) is 8.42 Å². The van der Waals surface area contributed by atoms with Crippen LogP contribution in [0, 0.1) is 6.92 Å². The van der Waals surface area contributed by atoms with Crippen LogP contribution in [0.5, 0.6) is 0 Å². The molecular weight excluding hydrogens is 236 g/mol. The van der Waals surface area contributed by atoms with E-state index >= 15 is 0 Å². The Morgan fingerprint density at radius 3 is 2.73 bits per heavy atom. The molecule has 0 atom stereocenters. The summed E-state index contributed by atoms with van der Waals surface area (Å²) in [6.45, 7) is 1.85. The van der Waals surface area contributed by atoms with Crippen molar-refractivity contribution in [2.24, 2.45) is 0 Å². The van der Waals surface area contributed by atoms with Crippen molar-refractivity contribution in [3.05, 3.63) is 35.6 Å². The first kappa shape index (κ1) is 10.5. The minimum atomic E-state index is -3.50. The quantitative estimate of drug-likeness (QED) is 0.764. The van der Waals surface area contributed by atoms with Crippen LogP contribution in [-0.4, -0.2) is 8.42 Å². The number of fused-ring (bicyclic) bond motifs is 1. The third-order valence-electron chi connectivity index (χ3n) is 2.04. The summed E-state index contributed by atoms with van der Waals surface area (Å²) in [6.07, 6.45) is 0. The SMILES string of the molecule is Cc1cc2cc(CS(=O)(=O)Cl)ccc2o1. The zero-order valence-corrected chi connectivity index (χ0v) is 9.60. The maximum atomic E-state index is 10.9. The van der Waals surface area contributed by atoms with E-state index in [4.69, 9.17) is 15.1 Å². The van der Waals surface area contributed by atoms with Crippen LogP contribution in [0.2, 0.25) is 0 Å². The number of benzene rings is 1. The van der Waals surface area contributed by atoms with E-state index in [-0.39, 0.29) is 5.75 Å². The lowest BCUT2D eigenvalue weighted by Gasteiger charge is -1.97. The average Bonchev–Trinajstić information content (AvgIpc) is 2.40. The van der Waals surface area contributed by atoms with Gasteiger partial charge in [0.15, 0.2) is 0 Å². The zero-order valence-electron chi connectivity index (χ0n) is 8.03. The van der Waals surface area contributed by atoms with Gasteiger partial charge < -0.3 is 4.42 Å². The molecule has 80 valence electrons. The second kappa shape index (κ2) is 3.54. The van der Waals surface area contributed by atoms with Crippen molar-refractivity contribution >= 4 is 30.7 Å². The van der Waals surface area contributed by atoms with Gasteiger partial charge >= 0.3 is 0 Å². The molecule has 1 aromatic heterocycles. The van der Waals surface area contributed by atoms with Crippen molar-refractivity contribution in [3.63, 3.8) is 0 Å². The molecule has 0 fully saturated rings. The second-order valence-corrected chi connectivity index (χ2v) is 6.19. The van der Waals surface area contributed by atoms with Gasteiger partial charge in [0.1, 0.15) is 11.3 Å². The molecule has 1 heterocycles. The Labute approximate surface area is 92.1 Å². The molecule has 1 aromatic carbocycles. The van der Waals surface area contributed by atoms with E-state index in [0.717, 1.165) is 16.7 Å². The van der Waals surface area contributed by atoms with E-state index in [2.05, 4.69) is 0 Å². The Balaban J connectivity index is 2.47. The number of aryl methyl sites for hydroxylation is 1. The monoisotopic (exact) mass is 244 g/mol.